The first-order valence-electron chi connectivity index (χ1n) is 7.90. The van der Waals surface area contributed by atoms with Crippen LogP contribution in [0.2, 0.25) is 0 Å². The molecule has 120 valence electrons. The van der Waals surface area contributed by atoms with E-state index in [-0.39, 0.29) is 0 Å². The maximum atomic E-state index is 5.73. The molecule has 0 unspecified atom stereocenters. The zero-order valence-electron chi connectivity index (χ0n) is 14.6. The van der Waals surface area contributed by atoms with Crippen LogP contribution in [0, 0.1) is 0 Å². The van der Waals surface area contributed by atoms with E-state index in [4.69, 9.17) is 9.78 Å². The number of benzene rings is 2. The van der Waals surface area contributed by atoms with Crippen molar-refractivity contribution in [3.63, 3.8) is 0 Å². The standard InChI is InChI=1S/C18H22O2.C2H6/c1-17(2,15-11-7-5-8-12-15)19-20-18(3,4)16-13-9-6-10-14-16;1-2/h5-14H,1-4H3;1-2H3. The van der Waals surface area contributed by atoms with Gasteiger partial charge in [0.15, 0.2) is 0 Å². The zero-order valence-corrected chi connectivity index (χ0v) is 14.6. The largest absolute Gasteiger partial charge is 0.225 e. The van der Waals surface area contributed by atoms with Gasteiger partial charge in [0, 0.05) is 0 Å². The maximum absolute atomic E-state index is 5.73. The molecule has 2 nitrogen and oxygen atoms in total. The third kappa shape index (κ3) is 4.97. The molecule has 0 saturated carbocycles. The van der Waals surface area contributed by atoms with Gasteiger partial charge in [-0.3, -0.25) is 0 Å². The Labute approximate surface area is 135 Å². The molecule has 0 aromatic heterocycles. The Kier molecular flexibility index (Phi) is 6.79. The Morgan fingerprint density at radius 3 is 1.09 bits per heavy atom. The average molecular weight is 300 g/mol. The van der Waals surface area contributed by atoms with Gasteiger partial charge in [-0.2, -0.15) is 0 Å². The SMILES string of the molecule is CC.CC(C)(OOC(C)(C)c1ccccc1)c1ccccc1. The average Bonchev–Trinajstić information content (AvgIpc) is 2.57. The highest BCUT2D eigenvalue weighted by atomic mass is 17.2. The molecule has 0 bridgehead atoms. The highest BCUT2D eigenvalue weighted by molar-refractivity contribution is 5.22. The molecular weight excluding hydrogens is 272 g/mol. The third-order valence-electron chi connectivity index (χ3n) is 3.40. The van der Waals surface area contributed by atoms with Crippen molar-refractivity contribution >= 4 is 0 Å². The van der Waals surface area contributed by atoms with Crippen LogP contribution in [0.1, 0.15) is 52.7 Å². The van der Waals surface area contributed by atoms with Crippen molar-refractivity contribution in [2.45, 2.75) is 52.7 Å². The van der Waals surface area contributed by atoms with Gasteiger partial charge in [-0.05, 0) is 38.8 Å². The van der Waals surface area contributed by atoms with Gasteiger partial charge in [-0.25, -0.2) is 9.78 Å². The molecule has 0 fully saturated rings. The smallest absolute Gasteiger partial charge is 0.123 e. The summed E-state index contributed by atoms with van der Waals surface area (Å²) < 4.78 is 0. The lowest BCUT2D eigenvalue weighted by Crippen LogP contribution is -2.29. The molecule has 0 saturated heterocycles. The molecule has 2 aromatic rings. The summed E-state index contributed by atoms with van der Waals surface area (Å²) in [6, 6.07) is 20.2. The van der Waals surface area contributed by atoms with Crippen molar-refractivity contribution in [2.75, 3.05) is 0 Å². The van der Waals surface area contributed by atoms with E-state index in [1.54, 1.807) is 0 Å². The summed E-state index contributed by atoms with van der Waals surface area (Å²) in [7, 11) is 0. The second kappa shape index (κ2) is 8.11. The highest BCUT2D eigenvalue weighted by Crippen LogP contribution is 2.31. The maximum Gasteiger partial charge on any atom is 0.123 e. The van der Waals surface area contributed by atoms with Gasteiger partial charge in [0.25, 0.3) is 0 Å². The van der Waals surface area contributed by atoms with Gasteiger partial charge >= 0.3 is 0 Å². The first kappa shape index (κ1) is 18.4. The molecule has 0 spiro atoms. The lowest BCUT2D eigenvalue weighted by Gasteiger charge is -2.31. The third-order valence-corrected chi connectivity index (χ3v) is 3.40. The highest BCUT2D eigenvalue weighted by Gasteiger charge is 2.29. The van der Waals surface area contributed by atoms with Crippen LogP contribution in [-0.2, 0) is 21.0 Å². The van der Waals surface area contributed by atoms with Gasteiger partial charge in [0.1, 0.15) is 11.2 Å². The fourth-order valence-electron chi connectivity index (χ4n) is 1.98. The predicted octanol–water partition coefficient (Wildman–Crippen LogP) is 5.83. The minimum Gasteiger partial charge on any atom is -0.225 e. The Hall–Kier alpha value is -1.64. The molecule has 0 heterocycles. The van der Waals surface area contributed by atoms with Gasteiger partial charge in [0.05, 0.1) is 0 Å². The minimum atomic E-state index is -0.493. The number of rotatable bonds is 5. The van der Waals surface area contributed by atoms with Crippen molar-refractivity contribution in [3.05, 3.63) is 71.8 Å². The molecule has 2 rings (SSSR count). The molecule has 2 heteroatoms. The summed E-state index contributed by atoms with van der Waals surface area (Å²) in [5.41, 5.74) is 1.19. The second-order valence-electron chi connectivity index (χ2n) is 5.92. The molecule has 0 radical (unpaired) electrons. The Morgan fingerprint density at radius 2 is 0.818 bits per heavy atom. The molecule has 0 aliphatic heterocycles. The van der Waals surface area contributed by atoms with Gasteiger partial charge < -0.3 is 0 Å². The van der Waals surface area contributed by atoms with E-state index < -0.39 is 11.2 Å². The van der Waals surface area contributed by atoms with E-state index in [1.165, 1.54) is 0 Å². The predicted molar refractivity (Wildman–Crippen MR) is 92.5 cm³/mol. The van der Waals surface area contributed by atoms with E-state index in [0.29, 0.717) is 0 Å². The monoisotopic (exact) mass is 300 g/mol. The van der Waals surface area contributed by atoms with Gasteiger partial charge in [-0.15, -0.1) is 0 Å². The van der Waals surface area contributed by atoms with Crippen molar-refractivity contribution in [3.8, 4) is 0 Å². The van der Waals surface area contributed by atoms with Crippen molar-refractivity contribution in [1.82, 2.24) is 0 Å². The summed E-state index contributed by atoms with van der Waals surface area (Å²) in [5.74, 6) is 0. The van der Waals surface area contributed by atoms with Crippen LogP contribution >= 0.6 is 0 Å². The molecule has 0 N–H and O–H groups in total. The summed E-state index contributed by atoms with van der Waals surface area (Å²) in [5, 5.41) is 0. The van der Waals surface area contributed by atoms with Crippen LogP contribution < -0.4 is 0 Å². The summed E-state index contributed by atoms with van der Waals surface area (Å²) in [6.45, 7) is 12.0. The van der Waals surface area contributed by atoms with E-state index in [2.05, 4.69) is 0 Å². The molecular formula is C20H28O2. The number of hydrogen-bond donors (Lipinski definition) is 0. The van der Waals surface area contributed by atoms with E-state index in [0.717, 1.165) is 11.1 Å². The van der Waals surface area contributed by atoms with Gasteiger partial charge in [0.2, 0.25) is 0 Å². The molecule has 0 aliphatic rings. The lowest BCUT2D eigenvalue weighted by molar-refractivity contribution is -0.410. The van der Waals surface area contributed by atoms with Crippen LogP contribution in [0.5, 0.6) is 0 Å². The molecule has 0 aliphatic carbocycles. The molecule has 2 aromatic carbocycles. The van der Waals surface area contributed by atoms with Crippen molar-refractivity contribution in [2.24, 2.45) is 0 Å². The quantitative estimate of drug-likeness (QED) is 0.511. The molecule has 0 atom stereocenters. The van der Waals surface area contributed by atoms with Gasteiger partial charge in [-0.1, -0.05) is 74.5 Å². The first-order valence-corrected chi connectivity index (χ1v) is 7.90. The molecule has 22 heavy (non-hydrogen) atoms. The van der Waals surface area contributed by atoms with E-state index in [1.807, 2.05) is 102 Å². The fourth-order valence-corrected chi connectivity index (χ4v) is 1.98. The topological polar surface area (TPSA) is 18.5 Å². The number of hydrogen-bond acceptors (Lipinski definition) is 2. The van der Waals surface area contributed by atoms with E-state index in [9.17, 15) is 0 Å². The summed E-state index contributed by atoms with van der Waals surface area (Å²) in [4.78, 5) is 11.5. The Bertz CT molecular complexity index is 479. The van der Waals surface area contributed by atoms with Crippen LogP contribution in [-0.4, -0.2) is 0 Å². The fraction of sp³-hybridized carbons (Fsp3) is 0.400. The van der Waals surface area contributed by atoms with Crippen LogP contribution in [0.3, 0.4) is 0 Å². The van der Waals surface area contributed by atoms with Crippen LogP contribution in [0.4, 0.5) is 0 Å². The second-order valence-corrected chi connectivity index (χ2v) is 5.92. The lowest BCUT2D eigenvalue weighted by atomic mass is 9.98. The Balaban J connectivity index is 0.00000116. The van der Waals surface area contributed by atoms with Crippen molar-refractivity contribution in [1.29, 1.82) is 0 Å². The normalized spacial score (nSPS) is 11.5. The Morgan fingerprint density at radius 1 is 0.545 bits per heavy atom. The van der Waals surface area contributed by atoms with Crippen molar-refractivity contribution < 1.29 is 9.78 Å². The first-order chi connectivity index (χ1) is 10.4. The van der Waals surface area contributed by atoms with Crippen LogP contribution in [0.15, 0.2) is 60.7 Å². The zero-order chi connectivity index (χ0) is 16.6. The van der Waals surface area contributed by atoms with Crippen LogP contribution in [0.25, 0.3) is 0 Å². The summed E-state index contributed by atoms with van der Waals surface area (Å²) in [6.07, 6.45) is 0. The minimum absolute atomic E-state index is 0.493. The molecule has 0 amide bonds. The van der Waals surface area contributed by atoms with E-state index >= 15 is 0 Å². The summed E-state index contributed by atoms with van der Waals surface area (Å²) >= 11 is 0.